The van der Waals surface area contributed by atoms with Crippen LogP contribution in [0.15, 0.2) is 48.5 Å². The van der Waals surface area contributed by atoms with Crippen LogP contribution in [-0.2, 0) is 6.42 Å². The van der Waals surface area contributed by atoms with Crippen molar-refractivity contribution in [2.24, 2.45) is 0 Å². The van der Waals surface area contributed by atoms with Gasteiger partial charge in [0.1, 0.15) is 0 Å². The SMILES string of the molecule is OC1CCCc2c1cc1ccc3cccc4ccc2c1c34. The Kier molecular flexibility index (Phi) is 2.17. The summed E-state index contributed by atoms with van der Waals surface area (Å²) in [5, 5.41) is 18.3. The number of fused-ring (bicyclic) bond motifs is 2. The molecule has 1 aliphatic rings. The molecule has 4 aromatic carbocycles. The number of rotatable bonds is 0. The summed E-state index contributed by atoms with van der Waals surface area (Å²) in [6.07, 6.45) is 2.76. The van der Waals surface area contributed by atoms with E-state index in [2.05, 4.69) is 48.5 Å². The lowest BCUT2D eigenvalue weighted by Crippen LogP contribution is -2.09. The Morgan fingerprint density at radius 1 is 0.857 bits per heavy atom. The molecule has 0 aromatic heterocycles. The van der Waals surface area contributed by atoms with Gasteiger partial charge in [0.15, 0.2) is 0 Å². The van der Waals surface area contributed by atoms with Crippen molar-refractivity contribution in [2.45, 2.75) is 25.4 Å². The largest absolute Gasteiger partial charge is 0.388 e. The lowest BCUT2D eigenvalue weighted by atomic mass is 9.82. The average Bonchev–Trinajstić information content (AvgIpc) is 2.53. The Hall–Kier alpha value is -2.12. The molecule has 1 aliphatic carbocycles. The third-order valence-corrected chi connectivity index (χ3v) is 5.06. The number of aliphatic hydroxyl groups is 1. The van der Waals surface area contributed by atoms with Gasteiger partial charge in [-0.05, 0) is 68.8 Å². The van der Waals surface area contributed by atoms with Gasteiger partial charge in [0.2, 0.25) is 0 Å². The topological polar surface area (TPSA) is 20.2 Å². The zero-order chi connectivity index (χ0) is 14.0. The van der Waals surface area contributed by atoms with Gasteiger partial charge in [-0.25, -0.2) is 0 Å². The Labute approximate surface area is 123 Å². The summed E-state index contributed by atoms with van der Waals surface area (Å²) in [5.41, 5.74) is 2.51. The van der Waals surface area contributed by atoms with Crippen molar-refractivity contribution in [2.75, 3.05) is 0 Å². The molecule has 0 saturated heterocycles. The van der Waals surface area contributed by atoms with E-state index in [4.69, 9.17) is 0 Å². The van der Waals surface area contributed by atoms with E-state index in [1.165, 1.54) is 37.9 Å². The van der Waals surface area contributed by atoms with Crippen LogP contribution < -0.4 is 0 Å². The molecule has 0 saturated carbocycles. The van der Waals surface area contributed by atoms with Crippen LogP contribution in [0.5, 0.6) is 0 Å². The van der Waals surface area contributed by atoms with Crippen molar-refractivity contribution in [3.8, 4) is 0 Å². The maximum absolute atomic E-state index is 10.3. The van der Waals surface area contributed by atoms with Gasteiger partial charge in [-0.2, -0.15) is 0 Å². The fraction of sp³-hybridized carbons (Fsp3) is 0.200. The summed E-state index contributed by atoms with van der Waals surface area (Å²) < 4.78 is 0. The van der Waals surface area contributed by atoms with Crippen LogP contribution in [0.25, 0.3) is 32.3 Å². The molecule has 1 atom stereocenters. The van der Waals surface area contributed by atoms with E-state index in [1.807, 2.05) is 0 Å². The van der Waals surface area contributed by atoms with Crippen molar-refractivity contribution in [1.82, 2.24) is 0 Å². The first-order valence-corrected chi connectivity index (χ1v) is 7.70. The lowest BCUT2D eigenvalue weighted by molar-refractivity contribution is 0.157. The number of hydrogen-bond acceptors (Lipinski definition) is 1. The third-order valence-electron chi connectivity index (χ3n) is 5.06. The van der Waals surface area contributed by atoms with E-state index >= 15 is 0 Å². The van der Waals surface area contributed by atoms with Crippen LogP contribution in [0, 0.1) is 0 Å². The van der Waals surface area contributed by atoms with Crippen molar-refractivity contribution in [3.05, 3.63) is 59.7 Å². The monoisotopic (exact) mass is 272 g/mol. The van der Waals surface area contributed by atoms with Crippen LogP contribution in [0.4, 0.5) is 0 Å². The first-order chi connectivity index (χ1) is 10.3. The lowest BCUT2D eigenvalue weighted by Gasteiger charge is -2.24. The number of aliphatic hydroxyl groups excluding tert-OH is 1. The minimum absolute atomic E-state index is 0.296. The second kappa shape index (κ2) is 3.96. The van der Waals surface area contributed by atoms with Gasteiger partial charge in [0.25, 0.3) is 0 Å². The van der Waals surface area contributed by atoms with E-state index in [0.29, 0.717) is 0 Å². The summed E-state index contributed by atoms with van der Waals surface area (Å²) in [5.74, 6) is 0. The molecule has 0 bridgehead atoms. The Morgan fingerprint density at radius 3 is 2.48 bits per heavy atom. The molecule has 0 radical (unpaired) electrons. The molecule has 0 heterocycles. The standard InChI is InChI=1S/C20H16O/c21-18-6-2-5-15-16-10-9-13-4-1-3-12-7-8-14(11-17(15)18)20(16)19(12)13/h1,3-4,7-11,18,21H,2,5-6H2. The zero-order valence-electron chi connectivity index (χ0n) is 11.8. The quantitative estimate of drug-likeness (QED) is 0.449. The van der Waals surface area contributed by atoms with Gasteiger partial charge in [0, 0.05) is 0 Å². The van der Waals surface area contributed by atoms with E-state index in [9.17, 15) is 5.11 Å². The van der Waals surface area contributed by atoms with Crippen LogP contribution >= 0.6 is 0 Å². The summed E-state index contributed by atoms with van der Waals surface area (Å²) in [7, 11) is 0. The Balaban J connectivity index is 2.07. The normalized spacial score (nSPS) is 18.6. The van der Waals surface area contributed by atoms with E-state index in [-0.39, 0.29) is 6.10 Å². The van der Waals surface area contributed by atoms with Gasteiger partial charge in [-0.3, -0.25) is 0 Å². The molecule has 0 spiro atoms. The molecule has 0 amide bonds. The fourth-order valence-corrected chi connectivity index (χ4v) is 4.09. The molecule has 1 unspecified atom stereocenters. The molecule has 1 nitrogen and oxygen atoms in total. The van der Waals surface area contributed by atoms with Gasteiger partial charge in [-0.15, -0.1) is 0 Å². The highest BCUT2D eigenvalue weighted by Crippen LogP contribution is 2.41. The first-order valence-electron chi connectivity index (χ1n) is 7.70. The number of benzene rings is 4. The maximum atomic E-state index is 10.3. The summed E-state index contributed by atoms with van der Waals surface area (Å²) in [4.78, 5) is 0. The van der Waals surface area contributed by atoms with Gasteiger partial charge < -0.3 is 5.11 Å². The second-order valence-electron chi connectivity index (χ2n) is 6.21. The van der Waals surface area contributed by atoms with E-state index in [1.54, 1.807) is 0 Å². The first kappa shape index (κ1) is 11.5. The minimum atomic E-state index is -0.296. The average molecular weight is 272 g/mol. The number of aryl methyl sites for hydroxylation is 1. The smallest absolute Gasteiger partial charge is 0.0793 e. The molecule has 21 heavy (non-hydrogen) atoms. The predicted molar refractivity (Wildman–Crippen MR) is 88.0 cm³/mol. The van der Waals surface area contributed by atoms with Gasteiger partial charge >= 0.3 is 0 Å². The van der Waals surface area contributed by atoms with Crippen LogP contribution in [-0.4, -0.2) is 5.11 Å². The molecule has 0 aliphatic heterocycles. The highest BCUT2D eigenvalue weighted by atomic mass is 16.3. The third kappa shape index (κ3) is 1.44. The van der Waals surface area contributed by atoms with Crippen molar-refractivity contribution < 1.29 is 5.11 Å². The predicted octanol–water partition coefficient (Wildman–Crippen LogP) is 4.95. The fourth-order valence-electron chi connectivity index (χ4n) is 4.09. The maximum Gasteiger partial charge on any atom is 0.0793 e. The zero-order valence-corrected chi connectivity index (χ0v) is 11.8. The van der Waals surface area contributed by atoms with E-state index in [0.717, 1.165) is 24.8 Å². The summed E-state index contributed by atoms with van der Waals surface area (Å²) >= 11 is 0. The summed E-state index contributed by atoms with van der Waals surface area (Å²) in [6, 6.07) is 17.6. The van der Waals surface area contributed by atoms with E-state index < -0.39 is 0 Å². The molecule has 4 aromatic rings. The van der Waals surface area contributed by atoms with Crippen LogP contribution in [0.1, 0.15) is 30.1 Å². The molecule has 1 N–H and O–H groups in total. The molecule has 0 fully saturated rings. The van der Waals surface area contributed by atoms with Crippen molar-refractivity contribution >= 4 is 32.3 Å². The molecule has 5 rings (SSSR count). The second-order valence-corrected chi connectivity index (χ2v) is 6.21. The Morgan fingerprint density at radius 2 is 1.62 bits per heavy atom. The molecular weight excluding hydrogens is 256 g/mol. The molecular formula is C20H16O. The van der Waals surface area contributed by atoms with Crippen molar-refractivity contribution in [3.63, 3.8) is 0 Å². The van der Waals surface area contributed by atoms with Crippen LogP contribution in [0.3, 0.4) is 0 Å². The highest BCUT2D eigenvalue weighted by molar-refractivity contribution is 6.23. The minimum Gasteiger partial charge on any atom is -0.388 e. The highest BCUT2D eigenvalue weighted by Gasteiger charge is 2.22. The van der Waals surface area contributed by atoms with Crippen molar-refractivity contribution in [1.29, 1.82) is 0 Å². The number of hydrogen-bond donors (Lipinski definition) is 1. The molecule has 102 valence electrons. The summed E-state index contributed by atoms with van der Waals surface area (Å²) in [6.45, 7) is 0. The molecule has 1 heteroatoms. The Bertz CT molecular complexity index is 968. The van der Waals surface area contributed by atoms with Crippen LogP contribution in [0.2, 0.25) is 0 Å². The van der Waals surface area contributed by atoms with Gasteiger partial charge in [0.05, 0.1) is 6.10 Å². The van der Waals surface area contributed by atoms with Gasteiger partial charge in [-0.1, -0.05) is 42.5 Å².